The fourth-order valence-corrected chi connectivity index (χ4v) is 9.59. The van der Waals surface area contributed by atoms with Crippen LogP contribution >= 0.6 is 0 Å². The summed E-state index contributed by atoms with van der Waals surface area (Å²) in [5.74, 6) is 2.43. The molecule has 2 aliphatic rings. The first kappa shape index (κ1) is 32.6. The highest BCUT2D eigenvalue weighted by molar-refractivity contribution is 5.98. The van der Waals surface area contributed by atoms with E-state index in [4.69, 9.17) is 9.15 Å². The molecular formula is C55H35NO2. The third-order valence-electron chi connectivity index (χ3n) is 12.1. The van der Waals surface area contributed by atoms with Crippen LogP contribution in [0, 0.1) is 0 Å². The largest absolute Gasteiger partial charge is 0.455 e. The first-order valence-electron chi connectivity index (χ1n) is 19.8. The number of hydrogen-bond donors (Lipinski definition) is 0. The molecule has 0 radical (unpaired) electrons. The van der Waals surface area contributed by atoms with E-state index in [2.05, 4.69) is 217 Å². The predicted octanol–water partition coefficient (Wildman–Crippen LogP) is 14.9. The van der Waals surface area contributed by atoms with Gasteiger partial charge in [-0.05, 0) is 97.7 Å². The molecule has 272 valence electrons. The normalized spacial score (nSPS) is 13.1. The molecule has 58 heavy (non-hydrogen) atoms. The molecule has 0 atom stereocenters. The molecule has 3 heteroatoms. The van der Waals surface area contributed by atoms with Crippen LogP contribution in [0.25, 0.3) is 55.1 Å². The highest BCUT2D eigenvalue weighted by Gasteiger charge is 2.54. The Bertz CT molecular complexity index is 3160. The summed E-state index contributed by atoms with van der Waals surface area (Å²) < 4.78 is 14.1. The average Bonchev–Trinajstić information content (AvgIpc) is 3.81. The molecule has 0 N–H and O–H groups in total. The zero-order chi connectivity index (χ0) is 38.2. The van der Waals surface area contributed by atoms with E-state index in [0.29, 0.717) is 0 Å². The summed E-state index contributed by atoms with van der Waals surface area (Å²) in [5.41, 5.74) is 13.8. The standard InChI is InChI=1S/C55H35NO2/c1-2-14-36(15-3-1)39-18-12-19-41(34-39)56(40-30-28-38(29-31-40)44-23-13-17-37-16-4-5-20-43(37)44)42-32-33-47-52(35-42)58-54-53(47)57-51-27-11-10-26-50(51)55(54)48-24-8-6-21-45(48)46-22-7-9-25-49(46)55/h1-35H. The van der Waals surface area contributed by atoms with E-state index in [1.807, 2.05) is 0 Å². The number of nitrogens with zero attached hydrogens (tertiary/aromatic N) is 1. The molecule has 0 saturated carbocycles. The van der Waals surface area contributed by atoms with E-state index in [1.165, 1.54) is 49.7 Å². The van der Waals surface area contributed by atoms with Gasteiger partial charge >= 0.3 is 0 Å². The van der Waals surface area contributed by atoms with Crippen LogP contribution in [-0.2, 0) is 5.41 Å². The number of hydrogen-bond acceptors (Lipinski definition) is 3. The van der Waals surface area contributed by atoms with Crippen LogP contribution in [-0.4, -0.2) is 0 Å². The Morgan fingerprint density at radius 3 is 1.79 bits per heavy atom. The fourth-order valence-electron chi connectivity index (χ4n) is 9.59. The number of rotatable bonds is 5. The minimum absolute atomic E-state index is 0.669. The third-order valence-corrected chi connectivity index (χ3v) is 12.1. The molecule has 12 rings (SSSR count). The van der Waals surface area contributed by atoms with Crippen LogP contribution < -0.4 is 9.64 Å². The smallest absolute Gasteiger partial charge is 0.178 e. The van der Waals surface area contributed by atoms with Gasteiger partial charge in [-0.25, -0.2) is 0 Å². The number of fused-ring (bicyclic) bond motifs is 12. The summed E-state index contributed by atoms with van der Waals surface area (Å²) in [4.78, 5) is 2.33. The van der Waals surface area contributed by atoms with Crippen LogP contribution in [0.2, 0.25) is 0 Å². The van der Waals surface area contributed by atoms with E-state index in [-0.39, 0.29) is 0 Å². The van der Waals surface area contributed by atoms with Crippen molar-refractivity contribution >= 4 is 38.8 Å². The highest BCUT2D eigenvalue weighted by atomic mass is 16.5. The molecule has 9 aromatic carbocycles. The molecule has 1 aliphatic heterocycles. The van der Waals surface area contributed by atoms with Crippen LogP contribution in [0.15, 0.2) is 217 Å². The molecule has 1 spiro atoms. The quantitative estimate of drug-likeness (QED) is 0.176. The van der Waals surface area contributed by atoms with E-state index in [1.54, 1.807) is 0 Å². The first-order valence-corrected chi connectivity index (χ1v) is 19.8. The summed E-state index contributed by atoms with van der Waals surface area (Å²) in [6, 6.07) is 75.8. The fraction of sp³-hybridized carbons (Fsp3) is 0.0182. The maximum absolute atomic E-state index is 7.22. The van der Waals surface area contributed by atoms with Crippen LogP contribution in [0.5, 0.6) is 11.5 Å². The van der Waals surface area contributed by atoms with Crippen LogP contribution in [0.1, 0.15) is 22.5 Å². The predicted molar refractivity (Wildman–Crippen MR) is 237 cm³/mol. The maximum Gasteiger partial charge on any atom is 0.178 e. The summed E-state index contributed by atoms with van der Waals surface area (Å²) in [6.45, 7) is 0. The first-order chi connectivity index (χ1) is 28.8. The molecule has 1 aromatic heterocycles. The zero-order valence-electron chi connectivity index (χ0n) is 31.5. The van der Waals surface area contributed by atoms with Gasteiger partial charge in [0.1, 0.15) is 16.7 Å². The third kappa shape index (κ3) is 4.74. The van der Waals surface area contributed by atoms with Gasteiger partial charge in [0.2, 0.25) is 0 Å². The van der Waals surface area contributed by atoms with E-state index >= 15 is 0 Å². The molecule has 0 fully saturated rings. The van der Waals surface area contributed by atoms with Crippen molar-refractivity contribution in [1.82, 2.24) is 0 Å². The lowest BCUT2D eigenvalue weighted by molar-refractivity contribution is 0.389. The number of furan rings is 1. The van der Waals surface area contributed by atoms with Crippen molar-refractivity contribution in [3.8, 4) is 44.9 Å². The lowest BCUT2D eigenvalue weighted by Crippen LogP contribution is -2.31. The van der Waals surface area contributed by atoms with Gasteiger partial charge in [-0.1, -0.05) is 164 Å². The highest BCUT2D eigenvalue weighted by Crippen LogP contribution is 2.63. The van der Waals surface area contributed by atoms with Crippen molar-refractivity contribution in [3.63, 3.8) is 0 Å². The van der Waals surface area contributed by atoms with Gasteiger partial charge in [0.25, 0.3) is 0 Å². The number of para-hydroxylation sites is 1. The molecule has 0 bridgehead atoms. The van der Waals surface area contributed by atoms with Gasteiger partial charge in [0.15, 0.2) is 11.5 Å². The van der Waals surface area contributed by atoms with Crippen molar-refractivity contribution in [2.75, 3.05) is 4.90 Å². The van der Waals surface area contributed by atoms with E-state index in [9.17, 15) is 0 Å². The number of anilines is 3. The Morgan fingerprint density at radius 1 is 0.379 bits per heavy atom. The maximum atomic E-state index is 7.22. The Morgan fingerprint density at radius 2 is 0.983 bits per heavy atom. The summed E-state index contributed by atoms with van der Waals surface area (Å²) in [6.07, 6.45) is 0. The molecule has 3 nitrogen and oxygen atoms in total. The van der Waals surface area contributed by atoms with Crippen molar-refractivity contribution in [3.05, 3.63) is 235 Å². The molecule has 0 unspecified atom stereocenters. The average molecular weight is 742 g/mol. The van der Waals surface area contributed by atoms with Crippen LogP contribution in [0.4, 0.5) is 17.1 Å². The lowest BCUT2D eigenvalue weighted by Gasteiger charge is -2.36. The summed E-state index contributed by atoms with van der Waals surface area (Å²) >= 11 is 0. The van der Waals surface area contributed by atoms with Crippen molar-refractivity contribution < 1.29 is 9.15 Å². The molecule has 0 amide bonds. The lowest BCUT2D eigenvalue weighted by atomic mass is 9.69. The molecule has 2 heterocycles. The topological polar surface area (TPSA) is 25.6 Å². The van der Waals surface area contributed by atoms with Gasteiger partial charge in [-0.2, -0.15) is 0 Å². The van der Waals surface area contributed by atoms with Gasteiger partial charge in [0, 0.05) is 28.7 Å². The SMILES string of the molecule is c1ccc(-c2cccc(N(c3ccc(-c4cccc5ccccc45)cc3)c3ccc4c5c(oc4c3)C3(c4ccccc4O5)c4ccccc4-c4ccccc43)c2)cc1. The minimum Gasteiger partial charge on any atom is -0.455 e. The second-order valence-corrected chi connectivity index (χ2v) is 15.2. The van der Waals surface area contributed by atoms with Gasteiger partial charge < -0.3 is 14.1 Å². The summed E-state index contributed by atoms with van der Waals surface area (Å²) in [7, 11) is 0. The molecule has 0 saturated heterocycles. The molecular weight excluding hydrogens is 707 g/mol. The van der Waals surface area contributed by atoms with E-state index < -0.39 is 5.41 Å². The van der Waals surface area contributed by atoms with Gasteiger partial charge in [-0.15, -0.1) is 0 Å². The van der Waals surface area contributed by atoms with Gasteiger partial charge in [0.05, 0.1) is 5.39 Å². The number of ether oxygens (including phenoxy) is 1. The van der Waals surface area contributed by atoms with Crippen molar-refractivity contribution in [1.29, 1.82) is 0 Å². The monoisotopic (exact) mass is 741 g/mol. The Labute approximate surface area is 336 Å². The Kier molecular flexibility index (Phi) is 7.14. The van der Waals surface area contributed by atoms with Crippen molar-refractivity contribution in [2.24, 2.45) is 0 Å². The molecule has 1 aliphatic carbocycles. The van der Waals surface area contributed by atoms with Crippen molar-refractivity contribution in [2.45, 2.75) is 5.41 Å². The zero-order valence-corrected chi connectivity index (χ0v) is 31.5. The van der Waals surface area contributed by atoms with Crippen LogP contribution in [0.3, 0.4) is 0 Å². The Balaban J connectivity index is 1.05. The van der Waals surface area contributed by atoms with E-state index in [0.717, 1.165) is 56.4 Å². The second kappa shape index (κ2) is 12.7. The molecule has 10 aromatic rings. The summed E-state index contributed by atoms with van der Waals surface area (Å²) in [5, 5.41) is 3.42. The van der Waals surface area contributed by atoms with Gasteiger partial charge in [-0.3, -0.25) is 0 Å². The number of benzene rings is 9. The minimum atomic E-state index is -0.669. The Hall–Kier alpha value is -7.62. The second-order valence-electron chi connectivity index (χ2n) is 15.2.